The maximum Gasteiger partial charge on any atom is 0.416 e. The zero-order valence-corrected chi connectivity index (χ0v) is 18.6. The van der Waals surface area contributed by atoms with Gasteiger partial charge in [-0.25, -0.2) is 0 Å². The Morgan fingerprint density at radius 1 is 1.03 bits per heavy atom. The van der Waals surface area contributed by atoms with E-state index >= 15 is 0 Å². The summed E-state index contributed by atoms with van der Waals surface area (Å²) in [4.78, 5) is 26.3. The maximum atomic E-state index is 13.1. The van der Waals surface area contributed by atoms with Crippen LogP contribution in [0.4, 0.5) is 18.9 Å². The van der Waals surface area contributed by atoms with Crippen molar-refractivity contribution in [3.63, 3.8) is 0 Å². The molecule has 1 aliphatic rings. The van der Waals surface area contributed by atoms with Gasteiger partial charge in [0, 0.05) is 10.6 Å². The highest BCUT2D eigenvalue weighted by Gasteiger charge is 2.36. The molecule has 0 atom stereocenters. The second-order valence-corrected chi connectivity index (χ2v) is 8.06. The highest BCUT2D eigenvalue weighted by atomic mass is 35.5. The van der Waals surface area contributed by atoms with Crippen molar-refractivity contribution >= 4 is 64.1 Å². The molecule has 2 amide bonds. The molecule has 2 aromatic carbocycles. The van der Waals surface area contributed by atoms with E-state index in [4.69, 9.17) is 39.8 Å². The van der Waals surface area contributed by atoms with Crippen molar-refractivity contribution in [3.05, 3.63) is 81.5 Å². The van der Waals surface area contributed by atoms with E-state index in [9.17, 15) is 22.8 Å². The average molecular weight is 511 g/mol. The second kappa shape index (κ2) is 8.66. The van der Waals surface area contributed by atoms with Gasteiger partial charge in [-0.05, 0) is 66.8 Å². The molecule has 0 spiro atoms. The number of hydrogen-bond donors (Lipinski definition) is 1. The molecule has 4 rings (SSSR count). The zero-order chi connectivity index (χ0) is 23.9. The van der Waals surface area contributed by atoms with E-state index in [1.807, 2.05) is 0 Å². The number of carbonyl (C=O) groups is 2. The molecular formula is C22H11Cl2F3N2O3S. The molecule has 5 nitrogen and oxygen atoms in total. The third-order valence-corrected chi connectivity index (χ3v) is 5.48. The SMILES string of the molecule is O=C1NC(=S)N(c2cccc(C(F)(F)F)c2)C(=O)/C1=C\c1ccc(-c2ccc(Cl)cc2Cl)o1. The molecule has 0 aliphatic carbocycles. The summed E-state index contributed by atoms with van der Waals surface area (Å²) in [7, 11) is 0. The summed E-state index contributed by atoms with van der Waals surface area (Å²) >= 11 is 17.1. The Labute approximate surface area is 200 Å². The first-order chi connectivity index (χ1) is 15.5. The van der Waals surface area contributed by atoms with E-state index in [1.54, 1.807) is 18.2 Å². The number of halogens is 5. The van der Waals surface area contributed by atoms with E-state index in [0.29, 0.717) is 21.4 Å². The fraction of sp³-hybridized carbons (Fsp3) is 0.0455. The molecule has 0 unspecified atom stereocenters. The van der Waals surface area contributed by atoms with Gasteiger partial charge in [0.05, 0.1) is 16.3 Å². The van der Waals surface area contributed by atoms with Crippen molar-refractivity contribution in [2.24, 2.45) is 0 Å². The maximum absolute atomic E-state index is 13.1. The van der Waals surface area contributed by atoms with E-state index in [2.05, 4.69) is 5.32 Å². The summed E-state index contributed by atoms with van der Waals surface area (Å²) in [6, 6.07) is 11.9. The van der Waals surface area contributed by atoms with Crippen LogP contribution in [0.25, 0.3) is 17.4 Å². The number of thiocarbonyl (C=S) groups is 1. The lowest BCUT2D eigenvalue weighted by atomic mass is 10.1. The molecule has 0 radical (unpaired) electrons. The molecule has 1 fully saturated rings. The minimum Gasteiger partial charge on any atom is -0.457 e. The zero-order valence-electron chi connectivity index (χ0n) is 16.2. The average Bonchev–Trinajstić information content (AvgIpc) is 3.19. The summed E-state index contributed by atoms with van der Waals surface area (Å²) in [6.45, 7) is 0. The Morgan fingerprint density at radius 3 is 2.48 bits per heavy atom. The first-order valence-corrected chi connectivity index (χ1v) is 10.3. The van der Waals surface area contributed by atoms with Crippen LogP contribution in [0.2, 0.25) is 10.0 Å². The second-order valence-electron chi connectivity index (χ2n) is 6.83. The van der Waals surface area contributed by atoms with Gasteiger partial charge in [-0.3, -0.25) is 19.8 Å². The van der Waals surface area contributed by atoms with Crippen LogP contribution in [0.3, 0.4) is 0 Å². The van der Waals surface area contributed by atoms with Crippen molar-refractivity contribution in [1.82, 2.24) is 5.32 Å². The van der Waals surface area contributed by atoms with Gasteiger partial charge in [0.25, 0.3) is 11.8 Å². The Bertz CT molecular complexity index is 1330. The van der Waals surface area contributed by atoms with Crippen LogP contribution < -0.4 is 10.2 Å². The molecule has 2 heterocycles. The number of benzene rings is 2. The van der Waals surface area contributed by atoms with Crippen LogP contribution in [0.1, 0.15) is 11.3 Å². The quantitative estimate of drug-likeness (QED) is 0.262. The molecule has 0 saturated carbocycles. The molecule has 33 heavy (non-hydrogen) atoms. The van der Waals surface area contributed by atoms with E-state index in [-0.39, 0.29) is 22.1 Å². The molecule has 168 valence electrons. The van der Waals surface area contributed by atoms with Crippen LogP contribution in [0.15, 0.2) is 64.6 Å². The van der Waals surface area contributed by atoms with Gasteiger partial charge in [-0.15, -0.1) is 0 Å². The lowest BCUT2D eigenvalue weighted by Gasteiger charge is -2.29. The van der Waals surface area contributed by atoms with Gasteiger partial charge in [0.1, 0.15) is 17.1 Å². The largest absolute Gasteiger partial charge is 0.457 e. The number of carbonyl (C=O) groups excluding carboxylic acids is 2. The summed E-state index contributed by atoms with van der Waals surface area (Å²) in [6.07, 6.45) is -3.45. The van der Waals surface area contributed by atoms with Crippen LogP contribution in [-0.4, -0.2) is 16.9 Å². The first kappa shape index (κ1) is 23.0. The van der Waals surface area contributed by atoms with Gasteiger partial charge in [0.15, 0.2) is 5.11 Å². The summed E-state index contributed by atoms with van der Waals surface area (Å²) in [5.74, 6) is -1.20. The number of hydrogen-bond acceptors (Lipinski definition) is 4. The molecule has 11 heteroatoms. The Morgan fingerprint density at radius 2 is 1.79 bits per heavy atom. The van der Waals surface area contributed by atoms with Crippen molar-refractivity contribution < 1.29 is 27.2 Å². The van der Waals surface area contributed by atoms with Gasteiger partial charge in [-0.1, -0.05) is 29.3 Å². The molecule has 1 saturated heterocycles. The molecule has 1 aliphatic heterocycles. The Hall–Kier alpha value is -3.14. The number of amides is 2. The van der Waals surface area contributed by atoms with Crippen LogP contribution >= 0.6 is 35.4 Å². The summed E-state index contributed by atoms with van der Waals surface area (Å²) < 4.78 is 45.0. The fourth-order valence-electron chi connectivity index (χ4n) is 3.12. The lowest BCUT2D eigenvalue weighted by Crippen LogP contribution is -2.54. The van der Waals surface area contributed by atoms with Crippen molar-refractivity contribution in [2.75, 3.05) is 4.90 Å². The van der Waals surface area contributed by atoms with E-state index in [0.717, 1.165) is 23.1 Å². The summed E-state index contributed by atoms with van der Waals surface area (Å²) in [5.41, 5.74) is -0.937. The minimum absolute atomic E-state index is 0.140. The van der Waals surface area contributed by atoms with Crippen LogP contribution in [0, 0.1) is 0 Å². The number of nitrogens with zero attached hydrogens (tertiary/aromatic N) is 1. The van der Waals surface area contributed by atoms with E-state index in [1.165, 1.54) is 24.3 Å². The van der Waals surface area contributed by atoms with Crippen molar-refractivity contribution in [3.8, 4) is 11.3 Å². The van der Waals surface area contributed by atoms with E-state index < -0.39 is 23.6 Å². The monoisotopic (exact) mass is 510 g/mol. The number of nitrogens with one attached hydrogen (secondary N) is 1. The number of rotatable bonds is 3. The van der Waals surface area contributed by atoms with Crippen molar-refractivity contribution in [1.29, 1.82) is 0 Å². The Balaban J connectivity index is 1.69. The predicted molar refractivity (Wildman–Crippen MR) is 122 cm³/mol. The van der Waals surface area contributed by atoms with Crippen molar-refractivity contribution in [2.45, 2.75) is 6.18 Å². The fourth-order valence-corrected chi connectivity index (χ4v) is 3.90. The van der Waals surface area contributed by atoms with Gasteiger partial charge in [0.2, 0.25) is 0 Å². The van der Waals surface area contributed by atoms with Crippen LogP contribution in [-0.2, 0) is 15.8 Å². The van der Waals surface area contributed by atoms with Gasteiger partial charge >= 0.3 is 6.18 Å². The summed E-state index contributed by atoms with van der Waals surface area (Å²) in [5, 5.41) is 2.75. The first-order valence-electron chi connectivity index (χ1n) is 9.18. The topological polar surface area (TPSA) is 62.6 Å². The molecule has 1 N–H and O–H groups in total. The molecular weight excluding hydrogens is 500 g/mol. The predicted octanol–water partition coefficient (Wildman–Crippen LogP) is 6.10. The smallest absolute Gasteiger partial charge is 0.416 e. The lowest BCUT2D eigenvalue weighted by molar-refractivity contribution is -0.137. The third-order valence-electron chi connectivity index (χ3n) is 4.64. The van der Waals surface area contributed by atoms with Crippen LogP contribution in [0.5, 0.6) is 0 Å². The highest BCUT2D eigenvalue weighted by molar-refractivity contribution is 7.80. The number of furan rings is 1. The normalized spacial score (nSPS) is 15.8. The molecule has 3 aromatic rings. The highest BCUT2D eigenvalue weighted by Crippen LogP contribution is 2.34. The number of alkyl halides is 3. The minimum atomic E-state index is -4.62. The third kappa shape index (κ3) is 4.66. The van der Waals surface area contributed by atoms with Gasteiger partial charge < -0.3 is 4.42 Å². The molecule has 0 bridgehead atoms. The Kier molecular flexibility index (Phi) is 6.04. The number of anilines is 1. The van der Waals surface area contributed by atoms with Gasteiger partial charge in [-0.2, -0.15) is 13.2 Å². The molecule has 1 aromatic heterocycles. The standard InChI is InChI=1S/C22H11Cl2F3N2O3S/c23-12-4-6-15(17(24)9-12)18-7-5-14(32-18)10-16-19(30)28-21(33)29(20(16)31)13-3-1-2-11(8-13)22(25,26)27/h1-10H,(H,28,30,33)/b16-10-.